The van der Waals surface area contributed by atoms with Crippen molar-refractivity contribution < 1.29 is 9.53 Å². The van der Waals surface area contributed by atoms with Crippen LogP contribution in [0.25, 0.3) is 10.2 Å². The van der Waals surface area contributed by atoms with Crippen LogP contribution in [0.1, 0.15) is 43.2 Å². The summed E-state index contributed by atoms with van der Waals surface area (Å²) in [6.45, 7) is 8.64. The van der Waals surface area contributed by atoms with Crippen LogP contribution in [-0.2, 0) is 17.8 Å². The first-order valence-electron chi connectivity index (χ1n) is 10.4. The Kier molecular flexibility index (Phi) is 7.78. The molecule has 0 fully saturated rings. The summed E-state index contributed by atoms with van der Waals surface area (Å²) in [6, 6.07) is 7.56. The fraction of sp³-hybridized carbons (Fsp3) is 0.435. The van der Waals surface area contributed by atoms with Crippen LogP contribution in [0.3, 0.4) is 0 Å². The van der Waals surface area contributed by atoms with Gasteiger partial charge in [-0.15, -0.1) is 11.3 Å². The van der Waals surface area contributed by atoms with Crippen molar-refractivity contribution in [3.63, 3.8) is 0 Å². The number of H-pyrrole nitrogens is 1. The maximum atomic E-state index is 12.8. The van der Waals surface area contributed by atoms with E-state index in [4.69, 9.17) is 4.74 Å². The van der Waals surface area contributed by atoms with Crippen LogP contribution in [0.15, 0.2) is 34.2 Å². The van der Waals surface area contributed by atoms with Gasteiger partial charge in [-0.25, -0.2) is 4.98 Å². The minimum absolute atomic E-state index is 0.108. The normalized spacial score (nSPS) is 13.2. The maximum Gasteiger partial charge on any atom is 0.260 e. The molecule has 3 aromatic rings. The smallest absolute Gasteiger partial charge is 0.260 e. The van der Waals surface area contributed by atoms with Gasteiger partial charge in [0.2, 0.25) is 5.91 Å². The SMILES string of the molecule is CCC(C)Cc1c(C)sc2nc(SC(C)C(=O)NCc3ccc(OC)cc3)[nH]c(=O)c12. The predicted octanol–water partition coefficient (Wildman–Crippen LogP) is 4.69. The number of aromatic nitrogens is 2. The van der Waals surface area contributed by atoms with E-state index in [9.17, 15) is 9.59 Å². The standard InChI is InChI=1S/C23H29N3O3S2/c1-6-13(2)11-18-14(3)30-22-19(18)21(28)25-23(26-22)31-15(4)20(27)24-12-16-7-9-17(29-5)10-8-16/h7-10,13,15H,6,11-12H2,1-5H3,(H,24,27)(H,25,26,28). The Hall–Kier alpha value is -2.32. The van der Waals surface area contributed by atoms with Crippen LogP contribution in [-0.4, -0.2) is 28.2 Å². The van der Waals surface area contributed by atoms with Crippen LogP contribution in [0.5, 0.6) is 5.75 Å². The minimum atomic E-state index is -0.389. The van der Waals surface area contributed by atoms with Crippen molar-refractivity contribution in [1.82, 2.24) is 15.3 Å². The summed E-state index contributed by atoms with van der Waals surface area (Å²) < 4.78 is 5.15. The van der Waals surface area contributed by atoms with E-state index >= 15 is 0 Å². The second kappa shape index (κ2) is 10.3. The third-order valence-corrected chi connectivity index (χ3v) is 7.40. The number of carbonyl (C=O) groups is 1. The van der Waals surface area contributed by atoms with Crippen molar-refractivity contribution in [3.05, 3.63) is 50.6 Å². The summed E-state index contributed by atoms with van der Waals surface area (Å²) in [6.07, 6.45) is 1.95. The van der Waals surface area contributed by atoms with Gasteiger partial charge in [0.15, 0.2) is 5.16 Å². The van der Waals surface area contributed by atoms with E-state index in [0.29, 0.717) is 23.0 Å². The molecule has 166 valence electrons. The van der Waals surface area contributed by atoms with E-state index in [-0.39, 0.29) is 16.7 Å². The van der Waals surface area contributed by atoms with Crippen LogP contribution < -0.4 is 15.6 Å². The molecule has 0 saturated heterocycles. The Morgan fingerprint density at radius 2 is 2.00 bits per heavy atom. The van der Waals surface area contributed by atoms with E-state index < -0.39 is 0 Å². The number of nitrogens with zero attached hydrogens (tertiary/aromatic N) is 1. The average molecular weight is 460 g/mol. The summed E-state index contributed by atoms with van der Waals surface area (Å²) >= 11 is 2.81. The highest BCUT2D eigenvalue weighted by atomic mass is 32.2. The molecule has 0 aliphatic heterocycles. The number of ether oxygens (including phenoxy) is 1. The third kappa shape index (κ3) is 5.68. The van der Waals surface area contributed by atoms with E-state index in [2.05, 4.69) is 29.1 Å². The molecule has 2 N–H and O–H groups in total. The highest BCUT2D eigenvalue weighted by molar-refractivity contribution is 8.00. The van der Waals surface area contributed by atoms with Crippen LogP contribution in [0.4, 0.5) is 0 Å². The second-order valence-electron chi connectivity index (χ2n) is 7.73. The lowest BCUT2D eigenvalue weighted by molar-refractivity contribution is -0.120. The highest BCUT2D eigenvalue weighted by Crippen LogP contribution is 2.31. The fourth-order valence-electron chi connectivity index (χ4n) is 3.25. The number of aromatic amines is 1. The number of rotatable bonds is 9. The first-order valence-corrected chi connectivity index (χ1v) is 12.1. The molecule has 2 unspecified atom stereocenters. The van der Waals surface area contributed by atoms with Gasteiger partial charge in [0, 0.05) is 11.4 Å². The number of nitrogens with one attached hydrogen (secondary N) is 2. The molecule has 2 atom stereocenters. The number of fused-ring (bicyclic) bond motifs is 1. The van der Waals surface area contributed by atoms with Crippen molar-refractivity contribution in [2.75, 3.05) is 7.11 Å². The molecule has 0 bridgehead atoms. The zero-order valence-electron chi connectivity index (χ0n) is 18.6. The number of methoxy groups -OCH3 is 1. The third-order valence-electron chi connectivity index (χ3n) is 5.37. The molecule has 8 heteroatoms. The largest absolute Gasteiger partial charge is 0.497 e. The molecule has 0 radical (unpaired) electrons. The molecule has 0 spiro atoms. The molecule has 0 saturated carbocycles. The zero-order valence-corrected chi connectivity index (χ0v) is 20.2. The van der Waals surface area contributed by atoms with Gasteiger partial charge in [0.25, 0.3) is 5.56 Å². The van der Waals surface area contributed by atoms with E-state index in [0.717, 1.165) is 39.4 Å². The molecule has 0 aliphatic carbocycles. The van der Waals surface area contributed by atoms with Crippen LogP contribution in [0.2, 0.25) is 0 Å². The van der Waals surface area contributed by atoms with Crippen LogP contribution in [0, 0.1) is 12.8 Å². The Balaban J connectivity index is 1.68. The van der Waals surface area contributed by atoms with Crippen molar-refractivity contribution in [2.24, 2.45) is 5.92 Å². The Morgan fingerprint density at radius 1 is 1.29 bits per heavy atom. The summed E-state index contributed by atoms with van der Waals surface area (Å²) in [4.78, 5) is 34.7. The predicted molar refractivity (Wildman–Crippen MR) is 128 cm³/mol. The second-order valence-corrected chi connectivity index (χ2v) is 10.3. The molecule has 1 amide bonds. The lowest BCUT2D eigenvalue weighted by atomic mass is 9.98. The first-order chi connectivity index (χ1) is 14.8. The number of aryl methyl sites for hydroxylation is 1. The van der Waals surface area contributed by atoms with Gasteiger partial charge in [0.05, 0.1) is 17.7 Å². The average Bonchev–Trinajstić information content (AvgIpc) is 3.07. The minimum Gasteiger partial charge on any atom is -0.497 e. The van der Waals surface area contributed by atoms with Gasteiger partial charge in [-0.2, -0.15) is 0 Å². The summed E-state index contributed by atoms with van der Waals surface area (Å²) in [5, 5.41) is 3.71. The van der Waals surface area contributed by atoms with Crippen LogP contribution >= 0.6 is 23.1 Å². The molecule has 31 heavy (non-hydrogen) atoms. The van der Waals surface area contributed by atoms with Crippen molar-refractivity contribution >= 4 is 39.2 Å². The topological polar surface area (TPSA) is 84.1 Å². The molecule has 0 aliphatic rings. The lowest BCUT2D eigenvalue weighted by Crippen LogP contribution is -2.30. The highest BCUT2D eigenvalue weighted by Gasteiger charge is 2.20. The molecule has 1 aromatic carbocycles. The zero-order chi connectivity index (χ0) is 22.5. The van der Waals surface area contributed by atoms with E-state index in [1.807, 2.05) is 38.1 Å². The number of benzene rings is 1. The molecule has 6 nitrogen and oxygen atoms in total. The van der Waals surface area contributed by atoms with Gasteiger partial charge in [-0.1, -0.05) is 44.2 Å². The Morgan fingerprint density at radius 3 is 2.65 bits per heavy atom. The number of amides is 1. The van der Waals surface area contributed by atoms with Gasteiger partial charge >= 0.3 is 0 Å². The lowest BCUT2D eigenvalue weighted by Gasteiger charge is -2.12. The van der Waals surface area contributed by atoms with E-state index in [1.165, 1.54) is 11.8 Å². The Labute approximate surface area is 190 Å². The number of thiophene rings is 1. The monoisotopic (exact) mass is 459 g/mol. The summed E-state index contributed by atoms with van der Waals surface area (Å²) in [7, 11) is 1.62. The number of thioether (sulfide) groups is 1. The summed E-state index contributed by atoms with van der Waals surface area (Å²) in [5.41, 5.74) is 1.97. The van der Waals surface area contributed by atoms with Crippen molar-refractivity contribution in [1.29, 1.82) is 0 Å². The van der Waals surface area contributed by atoms with Gasteiger partial charge < -0.3 is 15.0 Å². The fourth-order valence-corrected chi connectivity index (χ4v) is 5.18. The molecular formula is C23H29N3O3S2. The van der Waals surface area contributed by atoms with Gasteiger partial charge in [-0.3, -0.25) is 9.59 Å². The van der Waals surface area contributed by atoms with Crippen molar-refractivity contribution in [2.45, 2.75) is 57.5 Å². The quantitative estimate of drug-likeness (QED) is 0.358. The molecular weight excluding hydrogens is 430 g/mol. The Bertz CT molecular complexity index is 1110. The molecule has 3 rings (SSSR count). The van der Waals surface area contributed by atoms with Gasteiger partial charge in [0.1, 0.15) is 10.6 Å². The van der Waals surface area contributed by atoms with Crippen molar-refractivity contribution in [3.8, 4) is 5.75 Å². The number of carbonyl (C=O) groups excluding carboxylic acids is 1. The maximum absolute atomic E-state index is 12.8. The molecule has 2 heterocycles. The molecule has 2 aromatic heterocycles. The van der Waals surface area contributed by atoms with E-state index in [1.54, 1.807) is 18.4 Å². The summed E-state index contributed by atoms with van der Waals surface area (Å²) in [5.74, 6) is 1.18. The van der Waals surface area contributed by atoms with Gasteiger partial charge in [-0.05, 0) is 49.4 Å². The number of hydrogen-bond donors (Lipinski definition) is 2. The number of hydrogen-bond acceptors (Lipinski definition) is 6. The first kappa shape index (κ1) is 23.3.